The lowest BCUT2D eigenvalue weighted by Crippen LogP contribution is -2.23. The van der Waals surface area contributed by atoms with Gasteiger partial charge in [-0.05, 0) is 6.92 Å². The molecule has 6 unspecified atom stereocenters. The molecule has 4 N–H and O–H groups in total. The minimum Gasteiger partial charge on any atom is -0.369 e. The Kier molecular flexibility index (Phi) is 8.76. The van der Waals surface area contributed by atoms with Gasteiger partial charge in [-0.15, -0.1) is 0 Å². The van der Waals surface area contributed by atoms with Crippen molar-refractivity contribution in [2.45, 2.75) is 25.7 Å². The van der Waals surface area contributed by atoms with Gasteiger partial charge in [0.1, 0.15) is 6.23 Å². The number of imidazole rings is 1. The maximum absolute atomic E-state index is 13.0. The Balaban J connectivity index is 1.79. The third-order valence-corrected chi connectivity index (χ3v) is 10.2. The third kappa shape index (κ3) is 6.39. The summed E-state index contributed by atoms with van der Waals surface area (Å²) in [5.74, 6) is -0.443. The number of phosphoric acid groups is 3. The Labute approximate surface area is 204 Å². The van der Waals surface area contributed by atoms with Crippen LogP contribution in [0.1, 0.15) is 19.6 Å². The molecular formula is C16H26N5O12P3. The van der Waals surface area contributed by atoms with E-state index in [4.69, 9.17) is 23.8 Å². The van der Waals surface area contributed by atoms with Gasteiger partial charge in [-0.2, -0.15) is 13.6 Å². The van der Waals surface area contributed by atoms with Crippen molar-refractivity contribution in [2.75, 3.05) is 33.7 Å². The van der Waals surface area contributed by atoms with Crippen molar-refractivity contribution in [1.82, 2.24) is 19.5 Å². The van der Waals surface area contributed by atoms with Gasteiger partial charge in [0.2, 0.25) is 5.95 Å². The monoisotopic (exact) mass is 573 g/mol. The summed E-state index contributed by atoms with van der Waals surface area (Å²) in [5, 5.41) is 0. The van der Waals surface area contributed by atoms with Crippen LogP contribution in [-0.4, -0.2) is 58.5 Å². The molecule has 1 fully saturated rings. The average Bonchev–Trinajstić information content (AvgIpc) is 3.41. The second-order valence-electron chi connectivity index (χ2n) is 7.46. The highest BCUT2D eigenvalue weighted by atomic mass is 31.3. The molecule has 3 rings (SSSR count). The van der Waals surface area contributed by atoms with Gasteiger partial charge in [0.25, 0.3) is 5.56 Å². The number of nitrogens with two attached hydrogens (primary N) is 1. The van der Waals surface area contributed by atoms with E-state index in [-0.39, 0.29) is 23.0 Å². The van der Waals surface area contributed by atoms with Crippen LogP contribution in [0.5, 0.6) is 0 Å². The number of nitrogen functional groups attached to an aromatic ring is 1. The quantitative estimate of drug-likeness (QED) is 0.245. The number of rotatable bonds is 12. The van der Waals surface area contributed by atoms with E-state index in [0.717, 1.165) is 21.3 Å². The number of aromatic amines is 1. The van der Waals surface area contributed by atoms with E-state index in [1.54, 1.807) is 6.92 Å². The second-order valence-corrected chi connectivity index (χ2v) is 12.8. The van der Waals surface area contributed by atoms with Gasteiger partial charge in [-0.1, -0.05) is 12.2 Å². The van der Waals surface area contributed by atoms with Crippen LogP contribution in [0, 0.1) is 5.92 Å². The highest BCUT2D eigenvalue weighted by molar-refractivity contribution is 7.67. The summed E-state index contributed by atoms with van der Waals surface area (Å²) in [5.41, 5.74) is 6.08. The first kappa shape index (κ1) is 28.8. The van der Waals surface area contributed by atoms with E-state index in [1.165, 1.54) is 10.9 Å². The maximum atomic E-state index is 13.0. The molecule has 0 bridgehead atoms. The van der Waals surface area contributed by atoms with Crippen molar-refractivity contribution in [3.8, 4) is 0 Å². The highest BCUT2D eigenvalue weighted by Gasteiger charge is 2.46. The van der Waals surface area contributed by atoms with E-state index < -0.39 is 48.0 Å². The number of H-pyrrole nitrogens is 1. The van der Waals surface area contributed by atoms with Crippen molar-refractivity contribution in [1.29, 1.82) is 0 Å². The summed E-state index contributed by atoms with van der Waals surface area (Å²) < 4.78 is 72.5. The number of nitrogens with one attached hydrogen (secondary N) is 1. The number of hydrogen-bond donors (Lipinski definition) is 3. The molecule has 0 spiro atoms. The van der Waals surface area contributed by atoms with E-state index >= 15 is 0 Å². The largest absolute Gasteiger partial charge is 0.492 e. The number of hydrogen-bond acceptors (Lipinski definition) is 14. The number of nitrogens with zero attached hydrogens (tertiary/aromatic N) is 3. The molecule has 20 heteroatoms. The van der Waals surface area contributed by atoms with Crippen molar-refractivity contribution in [2.24, 2.45) is 5.92 Å². The highest BCUT2D eigenvalue weighted by Crippen LogP contribution is 2.71. The zero-order valence-corrected chi connectivity index (χ0v) is 22.3. The third-order valence-electron chi connectivity index (χ3n) is 5.11. The van der Waals surface area contributed by atoms with Gasteiger partial charge in [-0.3, -0.25) is 32.4 Å². The summed E-state index contributed by atoms with van der Waals surface area (Å²) in [6.45, 7) is 5.27. The van der Waals surface area contributed by atoms with Crippen LogP contribution in [0.4, 0.5) is 5.95 Å². The fourth-order valence-electron chi connectivity index (χ4n) is 3.37. The molecule has 1 aliphatic rings. The molecule has 0 amide bonds. The fraction of sp³-hybridized carbons (Fsp3) is 0.562. The van der Waals surface area contributed by atoms with Gasteiger partial charge in [0.15, 0.2) is 11.2 Å². The van der Waals surface area contributed by atoms with Crippen molar-refractivity contribution < 1.29 is 50.0 Å². The van der Waals surface area contributed by atoms with Crippen LogP contribution >= 0.6 is 23.5 Å². The SMILES string of the molecule is C=C(C)C1CC(n2cnc3c(=O)[nH]c(N)nc32)OC1COP(=O)(OC)OP(=O)(OC)OP(=O)(O)OC. The summed E-state index contributed by atoms with van der Waals surface area (Å²) >= 11 is 0. The molecular weight excluding hydrogens is 547 g/mol. The van der Waals surface area contributed by atoms with E-state index in [9.17, 15) is 23.4 Å². The first-order valence-corrected chi connectivity index (χ1v) is 14.5. The minimum atomic E-state index is -4.94. The molecule has 0 aromatic carbocycles. The van der Waals surface area contributed by atoms with Crippen molar-refractivity contribution >= 4 is 40.6 Å². The number of ether oxygens (including phenoxy) is 1. The van der Waals surface area contributed by atoms with E-state index in [1.807, 2.05) is 0 Å². The molecule has 1 aliphatic heterocycles. The summed E-state index contributed by atoms with van der Waals surface area (Å²) in [6.07, 6.45) is 0.260. The minimum absolute atomic E-state index is 0.0595. The molecule has 2 aromatic heterocycles. The molecule has 2 aromatic rings. The van der Waals surface area contributed by atoms with Gasteiger partial charge >= 0.3 is 23.5 Å². The zero-order valence-electron chi connectivity index (χ0n) is 19.6. The van der Waals surface area contributed by atoms with Crippen molar-refractivity contribution in [3.63, 3.8) is 0 Å². The van der Waals surface area contributed by atoms with Crippen LogP contribution in [-0.2, 0) is 45.1 Å². The predicted octanol–water partition coefficient (Wildman–Crippen LogP) is 2.49. The van der Waals surface area contributed by atoms with Gasteiger partial charge in [0, 0.05) is 33.7 Å². The molecule has 3 heterocycles. The molecule has 0 radical (unpaired) electrons. The van der Waals surface area contributed by atoms with E-state index in [2.05, 4.69) is 34.9 Å². The molecule has 1 saturated heterocycles. The molecule has 0 aliphatic carbocycles. The van der Waals surface area contributed by atoms with Gasteiger partial charge in [0.05, 0.1) is 19.0 Å². The van der Waals surface area contributed by atoms with Crippen molar-refractivity contribution in [3.05, 3.63) is 28.8 Å². The molecule has 0 saturated carbocycles. The van der Waals surface area contributed by atoms with Crippen LogP contribution in [0.25, 0.3) is 11.2 Å². The van der Waals surface area contributed by atoms with Crippen LogP contribution in [0.2, 0.25) is 0 Å². The van der Waals surface area contributed by atoms with Crippen LogP contribution in [0.15, 0.2) is 23.3 Å². The van der Waals surface area contributed by atoms with Crippen LogP contribution < -0.4 is 11.3 Å². The summed E-state index contributed by atoms with van der Waals surface area (Å²) in [6, 6.07) is 0. The molecule has 202 valence electrons. The topological polar surface area (TPSA) is 226 Å². The second kappa shape index (κ2) is 10.9. The molecule has 36 heavy (non-hydrogen) atoms. The lowest BCUT2D eigenvalue weighted by atomic mass is 9.94. The Morgan fingerprint density at radius 1 is 1.25 bits per heavy atom. The smallest absolute Gasteiger partial charge is 0.369 e. The summed E-state index contributed by atoms with van der Waals surface area (Å²) in [7, 11) is -11.9. The Hall–Kier alpha value is -1.74. The summed E-state index contributed by atoms with van der Waals surface area (Å²) in [4.78, 5) is 32.0. The first-order chi connectivity index (χ1) is 16.7. The standard InChI is InChI=1S/C16H26N5O12P3/c1-9(2)10-6-12(21-8-18-13-14(21)19-16(17)20-15(13)22)31-11(10)7-30-35(25,28-4)33-36(26,29-5)32-34(23,24)27-3/h8,10-12H,1,6-7H2,2-5H3,(H,23,24)(H3,17,19,20,22). The lowest BCUT2D eigenvalue weighted by molar-refractivity contribution is -0.0270. The fourth-order valence-corrected chi connectivity index (χ4v) is 7.43. The Morgan fingerprint density at radius 3 is 2.50 bits per heavy atom. The Morgan fingerprint density at radius 2 is 1.92 bits per heavy atom. The van der Waals surface area contributed by atoms with E-state index in [0.29, 0.717) is 12.0 Å². The number of fused-ring (bicyclic) bond motifs is 1. The number of anilines is 1. The maximum Gasteiger partial charge on any atom is 0.492 e. The molecule has 6 atom stereocenters. The normalized spacial score (nSPS) is 25.3. The van der Waals surface area contributed by atoms with Gasteiger partial charge in [-0.25, -0.2) is 18.7 Å². The number of phosphoric ester groups is 2. The Bertz CT molecular complexity index is 1330. The van der Waals surface area contributed by atoms with Gasteiger partial charge < -0.3 is 15.4 Å². The van der Waals surface area contributed by atoms with Crippen LogP contribution in [0.3, 0.4) is 0 Å². The first-order valence-electron chi connectivity index (χ1n) is 10.1. The zero-order chi connectivity index (χ0) is 26.9. The lowest BCUT2D eigenvalue weighted by Gasteiger charge is -2.24. The molecule has 17 nitrogen and oxygen atoms in total. The number of aromatic nitrogens is 4. The average molecular weight is 573 g/mol. The predicted molar refractivity (Wildman–Crippen MR) is 124 cm³/mol.